The molecule has 1 amide bonds. The maximum atomic E-state index is 11.7. The van der Waals surface area contributed by atoms with Crippen LogP contribution in [0.25, 0.3) is 0 Å². The summed E-state index contributed by atoms with van der Waals surface area (Å²) < 4.78 is 10.2. The van der Waals surface area contributed by atoms with Gasteiger partial charge in [0.05, 0.1) is 6.61 Å². The molecule has 0 heterocycles. The smallest absolute Gasteiger partial charge is 0.408 e. The van der Waals surface area contributed by atoms with Gasteiger partial charge in [-0.25, -0.2) is 9.59 Å². The van der Waals surface area contributed by atoms with Crippen molar-refractivity contribution in [1.82, 2.24) is 5.32 Å². The van der Waals surface area contributed by atoms with E-state index in [0.717, 1.165) is 24.8 Å². The van der Waals surface area contributed by atoms with Crippen molar-refractivity contribution in [2.45, 2.75) is 58.6 Å². The van der Waals surface area contributed by atoms with Crippen LogP contribution in [0.5, 0.6) is 0 Å². The Labute approximate surface area is 138 Å². The minimum absolute atomic E-state index is 0.172. The molecule has 0 aromatic heterocycles. The van der Waals surface area contributed by atoms with Crippen LogP contribution in [0.3, 0.4) is 0 Å². The Balaban J connectivity index is 2.14. The van der Waals surface area contributed by atoms with Crippen LogP contribution in [0.2, 0.25) is 0 Å². The Morgan fingerprint density at radius 1 is 1.04 bits per heavy atom. The molecule has 0 spiro atoms. The topological polar surface area (TPSA) is 64.6 Å². The van der Waals surface area contributed by atoms with E-state index in [0.29, 0.717) is 6.61 Å². The number of hydrogen-bond acceptors (Lipinski definition) is 4. The van der Waals surface area contributed by atoms with Gasteiger partial charge in [0.25, 0.3) is 0 Å². The minimum Gasteiger partial charge on any atom is -0.464 e. The standard InChI is InChI=1S/C18H27NO4/c1-3-4-5-6-10-13-22-17(20)15(2)19-18(21)23-14-16-11-8-7-9-12-16/h7-9,11-12,15H,3-6,10,13-14H2,1-2H3,(H,19,21)/t15-/m0/s1. The molecule has 0 aliphatic carbocycles. The zero-order chi connectivity index (χ0) is 16.9. The molecule has 1 aromatic rings. The molecule has 5 heteroatoms. The molecule has 5 nitrogen and oxygen atoms in total. The summed E-state index contributed by atoms with van der Waals surface area (Å²) in [6.45, 7) is 4.31. The lowest BCUT2D eigenvalue weighted by Gasteiger charge is -2.13. The van der Waals surface area contributed by atoms with Gasteiger partial charge < -0.3 is 14.8 Å². The minimum atomic E-state index is -0.714. The van der Waals surface area contributed by atoms with Crippen molar-refractivity contribution >= 4 is 12.1 Å². The van der Waals surface area contributed by atoms with Gasteiger partial charge in [0.2, 0.25) is 0 Å². The summed E-state index contributed by atoms with van der Waals surface area (Å²) in [4.78, 5) is 23.4. The first-order chi connectivity index (χ1) is 11.1. The van der Waals surface area contributed by atoms with E-state index >= 15 is 0 Å². The van der Waals surface area contributed by atoms with Crippen LogP contribution in [0, 0.1) is 0 Å². The molecule has 1 aromatic carbocycles. The van der Waals surface area contributed by atoms with Crippen LogP contribution >= 0.6 is 0 Å². The van der Waals surface area contributed by atoms with Gasteiger partial charge in [-0.15, -0.1) is 0 Å². The quantitative estimate of drug-likeness (QED) is 0.525. The number of benzene rings is 1. The molecule has 23 heavy (non-hydrogen) atoms. The van der Waals surface area contributed by atoms with Crippen LogP contribution in [0.15, 0.2) is 30.3 Å². The summed E-state index contributed by atoms with van der Waals surface area (Å²) in [5.74, 6) is -0.433. The third-order valence-electron chi connectivity index (χ3n) is 3.39. The van der Waals surface area contributed by atoms with Crippen molar-refractivity contribution in [2.75, 3.05) is 6.61 Å². The maximum Gasteiger partial charge on any atom is 0.408 e. The number of alkyl carbamates (subject to hydrolysis) is 1. The number of ether oxygens (including phenoxy) is 2. The zero-order valence-electron chi connectivity index (χ0n) is 14.0. The largest absolute Gasteiger partial charge is 0.464 e. The van der Waals surface area contributed by atoms with E-state index < -0.39 is 18.1 Å². The molecule has 0 aliphatic heterocycles. The molecular weight excluding hydrogens is 294 g/mol. The highest BCUT2D eigenvalue weighted by molar-refractivity contribution is 5.80. The average molecular weight is 321 g/mol. The number of carbonyl (C=O) groups excluding carboxylic acids is 2. The van der Waals surface area contributed by atoms with Gasteiger partial charge in [0.15, 0.2) is 0 Å². The van der Waals surface area contributed by atoms with Crippen molar-refractivity contribution in [2.24, 2.45) is 0 Å². The monoisotopic (exact) mass is 321 g/mol. The maximum absolute atomic E-state index is 11.7. The third kappa shape index (κ3) is 8.86. The average Bonchev–Trinajstić information content (AvgIpc) is 2.56. The highest BCUT2D eigenvalue weighted by atomic mass is 16.6. The lowest BCUT2D eigenvalue weighted by Crippen LogP contribution is -2.39. The van der Waals surface area contributed by atoms with Crippen molar-refractivity contribution in [1.29, 1.82) is 0 Å². The molecule has 1 rings (SSSR count). The van der Waals surface area contributed by atoms with E-state index in [1.165, 1.54) is 12.8 Å². The normalized spacial score (nSPS) is 11.6. The molecule has 0 saturated carbocycles. The predicted octanol–water partition coefficient (Wildman–Crippen LogP) is 3.81. The number of amides is 1. The Morgan fingerprint density at radius 3 is 2.43 bits per heavy atom. The molecule has 0 aliphatic rings. The van der Waals surface area contributed by atoms with Crippen LogP contribution in [0.1, 0.15) is 51.5 Å². The Morgan fingerprint density at radius 2 is 1.74 bits per heavy atom. The Kier molecular flexibility index (Phi) is 9.52. The predicted molar refractivity (Wildman–Crippen MR) is 88.9 cm³/mol. The van der Waals surface area contributed by atoms with Gasteiger partial charge >= 0.3 is 12.1 Å². The molecule has 0 bridgehead atoms. The van der Waals surface area contributed by atoms with E-state index in [1.807, 2.05) is 30.3 Å². The third-order valence-corrected chi connectivity index (χ3v) is 3.39. The Hall–Kier alpha value is -2.04. The summed E-state index contributed by atoms with van der Waals surface area (Å²) in [5.41, 5.74) is 0.893. The van der Waals surface area contributed by atoms with Gasteiger partial charge in [-0.3, -0.25) is 0 Å². The highest BCUT2D eigenvalue weighted by Crippen LogP contribution is 2.03. The van der Waals surface area contributed by atoms with E-state index in [-0.39, 0.29) is 6.61 Å². The zero-order valence-corrected chi connectivity index (χ0v) is 14.0. The van der Waals surface area contributed by atoms with Gasteiger partial charge in [-0.1, -0.05) is 62.9 Å². The van der Waals surface area contributed by atoms with Crippen molar-refractivity contribution in [3.63, 3.8) is 0 Å². The molecule has 1 atom stereocenters. The van der Waals surface area contributed by atoms with E-state index in [2.05, 4.69) is 12.2 Å². The first-order valence-corrected chi connectivity index (χ1v) is 8.27. The van der Waals surface area contributed by atoms with Crippen molar-refractivity contribution in [3.8, 4) is 0 Å². The van der Waals surface area contributed by atoms with Crippen LogP contribution in [-0.4, -0.2) is 24.7 Å². The van der Waals surface area contributed by atoms with Crippen LogP contribution < -0.4 is 5.32 Å². The second-order valence-corrected chi connectivity index (χ2v) is 5.51. The second kappa shape index (κ2) is 11.5. The number of unbranched alkanes of at least 4 members (excludes halogenated alkanes) is 4. The SMILES string of the molecule is CCCCCCCOC(=O)[C@H](C)NC(=O)OCc1ccccc1. The lowest BCUT2D eigenvalue weighted by atomic mass is 10.2. The molecular formula is C18H27NO4. The first-order valence-electron chi connectivity index (χ1n) is 8.27. The Bertz CT molecular complexity index is 461. The molecule has 1 N–H and O–H groups in total. The number of carbonyl (C=O) groups is 2. The highest BCUT2D eigenvalue weighted by Gasteiger charge is 2.17. The summed E-state index contributed by atoms with van der Waals surface area (Å²) >= 11 is 0. The second-order valence-electron chi connectivity index (χ2n) is 5.51. The molecule has 0 radical (unpaired) electrons. The summed E-state index contributed by atoms with van der Waals surface area (Å²) in [7, 11) is 0. The van der Waals surface area contributed by atoms with Crippen LogP contribution in [0.4, 0.5) is 4.79 Å². The number of esters is 1. The van der Waals surface area contributed by atoms with Gasteiger partial charge in [0.1, 0.15) is 12.6 Å². The first kappa shape index (κ1) is 19.0. The molecule has 0 fully saturated rings. The van der Waals surface area contributed by atoms with E-state index in [1.54, 1.807) is 6.92 Å². The van der Waals surface area contributed by atoms with Crippen molar-refractivity contribution < 1.29 is 19.1 Å². The van der Waals surface area contributed by atoms with E-state index in [4.69, 9.17) is 9.47 Å². The number of hydrogen-bond donors (Lipinski definition) is 1. The van der Waals surface area contributed by atoms with Gasteiger partial charge in [0, 0.05) is 0 Å². The van der Waals surface area contributed by atoms with E-state index in [9.17, 15) is 9.59 Å². The summed E-state index contributed by atoms with van der Waals surface area (Å²) in [6, 6.07) is 8.65. The summed E-state index contributed by atoms with van der Waals surface area (Å²) in [5, 5.41) is 2.48. The number of nitrogens with one attached hydrogen (secondary N) is 1. The van der Waals surface area contributed by atoms with Crippen LogP contribution in [-0.2, 0) is 20.9 Å². The van der Waals surface area contributed by atoms with Gasteiger partial charge in [-0.05, 0) is 18.9 Å². The fraction of sp³-hybridized carbons (Fsp3) is 0.556. The number of rotatable bonds is 10. The lowest BCUT2D eigenvalue weighted by molar-refractivity contribution is -0.145. The van der Waals surface area contributed by atoms with Gasteiger partial charge in [-0.2, -0.15) is 0 Å². The fourth-order valence-electron chi connectivity index (χ4n) is 2.00. The fourth-order valence-corrected chi connectivity index (χ4v) is 2.00. The van der Waals surface area contributed by atoms with Crippen molar-refractivity contribution in [3.05, 3.63) is 35.9 Å². The molecule has 0 unspecified atom stereocenters. The molecule has 0 saturated heterocycles. The molecule has 128 valence electrons. The summed E-state index contributed by atoms with van der Waals surface area (Å²) in [6.07, 6.45) is 4.85.